The standard InChI is InChI=1S/C19H23ClN2O/c1-13(2)14-4-6-15(7-5-14)19(23,18(3)11-21-12-18)16-8-9-22-17(20)10-16/h4-10,13,21,23H,11-12H2,1-3H3. The Morgan fingerprint density at radius 1 is 1.17 bits per heavy atom. The molecule has 2 N–H and O–H groups in total. The van der Waals surface area contributed by atoms with Crippen LogP contribution < -0.4 is 5.32 Å². The predicted octanol–water partition coefficient (Wildman–Crippen LogP) is 3.70. The van der Waals surface area contributed by atoms with Crippen LogP contribution in [-0.2, 0) is 5.60 Å². The molecule has 1 aromatic heterocycles. The van der Waals surface area contributed by atoms with Crippen molar-refractivity contribution in [1.29, 1.82) is 0 Å². The van der Waals surface area contributed by atoms with E-state index in [0.717, 1.165) is 24.2 Å². The zero-order valence-electron chi connectivity index (χ0n) is 13.8. The minimum absolute atomic E-state index is 0.281. The van der Waals surface area contributed by atoms with E-state index < -0.39 is 5.60 Å². The molecule has 0 radical (unpaired) electrons. The van der Waals surface area contributed by atoms with Crippen LogP contribution in [0, 0.1) is 5.41 Å². The second kappa shape index (κ2) is 5.90. The monoisotopic (exact) mass is 330 g/mol. The lowest BCUT2D eigenvalue weighted by Crippen LogP contribution is -2.63. The number of hydrogen-bond donors (Lipinski definition) is 2. The number of aromatic nitrogens is 1. The van der Waals surface area contributed by atoms with Crippen LogP contribution in [0.5, 0.6) is 0 Å². The normalized spacial score (nSPS) is 19.2. The molecule has 0 spiro atoms. The van der Waals surface area contributed by atoms with Crippen molar-refractivity contribution in [3.63, 3.8) is 0 Å². The molecular weight excluding hydrogens is 308 g/mol. The molecule has 0 aliphatic carbocycles. The fourth-order valence-corrected chi connectivity index (χ4v) is 3.53. The molecule has 3 rings (SSSR count). The third-order valence-electron chi connectivity index (χ3n) is 5.04. The minimum Gasteiger partial charge on any atom is -0.380 e. The number of hydrogen-bond acceptors (Lipinski definition) is 3. The SMILES string of the molecule is CC(C)c1ccc(C(O)(c2ccnc(Cl)c2)C2(C)CNC2)cc1. The van der Waals surface area contributed by atoms with E-state index in [9.17, 15) is 5.11 Å². The first-order chi connectivity index (χ1) is 10.9. The summed E-state index contributed by atoms with van der Waals surface area (Å²) in [6.07, 6.45) is 1.65. The van der Waals surface area contributed by atoms with Crippen molar-refractivity contribution >= 4 is 11.6 Å². The molecule has 4 heteroatoms. The van der Waals surface area contributed by atoms with Gasteiger partial charge in [0.15, 0.2) is 0 Å². The van der Waals surface area contributed by atoms with Gasteiger partial charge in [0.2, 0.25) is 0 Å². The molecule has 122 valence electrons. The van der Waals surface area contributed by atoms with Crippen LogP contribution in [0.25, 0.3) is 0 Å². The van der Waals surface area contributed by atoms with Crippen molar-refractivity contribution in [2.75, 3.05) is 13.1 Å². The number of nitrogens with one attached hydrogen (secondary N) is 1. The van der Waals surface area contributed by atoms with Crippen molar-refractivity contribution in [3.05, 3.63) is 64.4 Å². The number of pyridine rings is 1. The molecular formula is C19H23ClN2O. The van der Waals surface area contributed by atoms with E-state index in [2.05, 4.69) is 43.2 Å². The zero-order valence-corrected chi connectivity index (χ0v) is 14.6. The second-order valence-electron chi connectivity index (χ2n) is 7.02. The van der Waals surface area contributed by atoms with E-state index in [1.807, 2.05) is 18.2 Å². The summed E-state index contributed by atoms with van der Waals surface area (Å²) in [7, 11) is 0. The van der Waals surface area contributed by atoms with Crippen molar-refractivity contribution in [2.24, 2.45) is 5.41 Å². The van der Waals surface area contributed by atoms with Crippen LogP contribution in [0.2, 0.25) is 5.15 Å². The average Bonchev–Trinajstić information content (AvgIpc) is 2.52. The summed E-state index contributed by atoms with van der Waals surface area (Å²) in [6, 6.07) is 11.9. The molecule has 1 atom stereocenters. The maximum Gasteiger partial charge on any atom is 0.129 e. The molecule has 1 aliphatic heterocycles. The van der Waals surface area contributed by atoms with Gasteiger partial charge in [-0.2, -0.15) is 0 Å². The summed E-state index contributed by atoms with van der Waals surface area (Å²) in [5, 5.41) is 15.4. The van der Waals surface area contributed by atoms with Gasteiger partial charge in [-0.05, 0) is 34.7 Å². The predicted molar refractivity (Wildman–Crippen MR) is 93.8 cm³/mol. The molecule has 0 amide bonds. The quantitative estimate of drug-likeness (QED) is 0.840. The van der Waals surface area contributed by atoms with Crippen LogP contribution in [0.3, 0.4) is 0 Å². The minimum atomic E-state index is -1.10. The highest BCUT2D eigenvalue weighted by Crippen LogP contribution is 2.47. The number of halogens is 1. The van der Waals surface area contributed by atoms with Gasteiger partial charge in [-0.15, -0.1) is 0 Å². The lowest BCUT2D eigenvalue weighted by atomic mass is 9.63. The van der Waals surface area contributed by atoms with Gasteiger partial charge in [0.05, 0.1) is 0 Å². The molecule has 2 aromatic rings. The Kier molecular flexibility index (Phi) is 4.21. The molecule has 2 heterocycles. The highest BCUT2D eigenvalue weighted by Gasteiger charge is 2.53. The van der Waals surface area contributed by atoms with Gasteiger partial charge in [0, 0.05) is 24.7 Å². The fourth-order valence-electron chi connectivity index (χ4n) is 3.36. The van der Waals surface area contributed by atoms with E-state index >= 15 is 0 Å². The van der Waals surface area contributed by atoms with Crippen molar-refractivity contribution in [3.8, 4) is 0 Å². The molecule has 23 heavy (non-hydrogen) atoms. The number of rotatable bonds is 4. The van der Waals surface area contributed by atoms with Crippen LogP contribution in [-0.4, -0.2) is 23.2 Å². The Balaban J connectivity index is 2.12. The van der Waals surface area contributed by atoms with Gasteiger partial charge in [0.1, 0.15) is 10.8 Å². The van der Waals surface area contributed by atoms with Gasteiger partial charge in [-0.3, -0.25) is 0 Å². The van der Waals surface area contributed by atoms with E-state index in [-0.39, 0.29) is 5.41 Å². The first-order valence-corrected chi connectivity index (χ1v) is 8.40. The molecule has 1 saturated heterocycles. The third kappa shape index (κ3) is 2.67. The molecule has 1 unspecified atom stereocenters. The summed E-state index contributed by atoms with van der Waals surface area (Å²) in [6.45, 7) is 7.96. The highest BCUT2D eigenvalue weighted by molar-refractivity contribution is 6.29. The number of benzene rings is 1. The molecule has 3 nitrogen and oxygen atoms in total. The van der Waals surface area contributed by atoms with Crippen LogP contribution in [0.4, 0.5) is 0 Å². The van der Waals surface area contributed by atoms with Crippen molar-refractivity contribution in [2.45, 2.75) is 32.3 Å². The second-order valence-corrected chi connectivity index (χ2v) is 7.41. The van der Waals surface area contributed by atoms with E-state index in [0.29, 0.717) is 11.1 Å². The summed E-state index contributed by atoms with van der Waals surface area (Å²) in [4.78, 5) is 4.05. The molecule has 1 aromatic carbocycles. The fraction of sp³-hybridized carbons (Fsp3) is 0.421. The average molecular weight is 331 g/mol. The summed E-state index contributed by atoms with van der Waals surface area (Å²) < 4.78 is 0. The first kappa shape index (κ1) is 16.4. The van der Waals surface area contributed by atoms with Crippen molar-refractivity contribution in [1.82, 2.24) is 10.3 Å². The van der Waals surface area contributed by atoms with Gasteiger partial charge in [-0.1, -0.05) is 56.6 Å². The molecule has 1 aliphatic rings. The summed E-state index contributed by atoms with van der Waals surface area (Å²) in [5.74, 6) is 0.466. The van der Waals surface area contributed by atoms with Gasteiger partial charge in [-0.25, -0.2) is 4.98 Å². The van der Waals surface area contributed by atoms with Crippen LogP contribution >= 0.6 is 11.6 Å². The Labute approximate surface area is 142 Å². The van der Waals surface area contributed by atoms with E-state index in [1.165, 1.54) is 5.56 Å². The Hall–Kier alpha value is -1.42. The molecule has 1 fully saturated rings. The largest absolute Gasteiger partial charge is 0.380 e. The van der Waals surface area contributed by atoms with E-state index in [1.54, 1.807) is 12.3 Å². The van der Waals surface area contributed by atoms with Gasteiger partial charge >= 0.3 is 0 Å². The Morgan fingerprint density at radius 2 is 1.83 bits per heavy atom. The highest BCUT2D eigenvalue weighted by atomic mass is 35.5. The number of nitrogens with zero attached hydrogens (tertiary/aromatic N) is 1. The maximum absolute atomic E-state index is 11.8. The molecule has 0 saturated carbocycles. The van der Waals surface area contributed by atoms with Crippen molar-refractivity contribution < 1.29 is 5.11 Å². The van der Waals surface area contributed by atoms with Gasteiger partial charge < -0.3 is 10.4 Å². The topological polar surface area (TPSA) is 45.2 Å². The summed E-state index contributed by atoms with van der Waals surface area (Å²) in [5.41, 5.74) is 1.57. The van der Waals surface area contributed by atoms with Crippen LogP contribution in [0.15, 0.2) is 42.6 Å². The summed E-state index contributed by atoms with van der Waals surface area (Å²) >= 11 is 6.08. The lowest BCUT2D eigenvalue weighted by molar-refractivity contribution is -0.0767. The van der Waals surface area contributed by atoms with E-state index in [4.69, 9.17) is 11.6 Å². The molecule has 0 bridgehead atoms. The van der Waals surface area contributed by atoms with Crippen LogP contribution in [0.1, 0.15) is 43.4 Å². The number of aliphatic hydroxyl groups is 1. The third-order valence-corrected chi connectivity index (χ3v) is 5.25. The Bertz CT molecular complexity index is 695. The van der Waals surface area contributed by atoms with Gasteiger partial charge in [0.25, 0.3) is 0 Å². The first-order valence-electron chi connectivity index (χ1n) is 8.02. The smallest absolute Gasteiger partial charge is 0.129 e. The zero-order chi connectivity index (χ0) is 16.7. The lowest BCUT2D eigenvalue weighted by Gasteiger charge is -2.52. The maximum atomic E-state index is 11.8. The Morgan fingerprint density at radius 3 is 2.30 bits per heavy atom.